The maximum atomic E-state index is 16.1. The van der Waals surface area contributed by atoms with Crippen LogP contribution < -0.4 is 51.1 Å². The fraction of sp³-hybridized carbons (Fsp3) is 0.525. The summed E-state index contributed by atoms with van der Waals surface area (Å²) >= 11 is 16.3. The molecular weight excluding hydrogens is 2030 g/mol. The predicted molar refractivity (Wildman–Crippen MR) is 464 cm³/mol. The van der Waals surface area contributed by atoms with Gasteiger partial charge in [0.1, 0.15) is 108 Å². The van der Waals surface area contributed by atoms with E-state index in [0.29, 0.717) is 28.9 Å². The molecule has 0 radical (unpaired) electrons. The van der Waals surface area contributed by atoms with E-state index in [1.54, 1.807) is 4.57 Å². The largest absolute Gasteiger partial charge is 0.472 e. The Bertz CT molecular complexity index is 7130. The number of nitrogen functional groups attached to an aromatic ring is 6. The second-order valence-corrected chi connectivity index (χ2v) is 46.3. The first-order valence-corrected chi connectivity index (χ1v) is 53.5. The topological polar surface area (TPSA) is 816 Å². The van der Waals surface area contributed by atoms with Crippen molar-refractivity contribution < 1.29 is 134 Å². The Morgan fingerprint density at radius 3 is 1.89 bits per heavy atom. The fourth-order valence-corrected chi connectivity index (χ4v) is 26.1. The minimum atomic E-state index is -5.11. The molecule has 20 N–H and O–H groups in total. The molecule has 74 heteroatoms. The molecule has 27 atom stereocenters. The number of aromatic nitrogens is 25. The van der Waals surface area contributed by atoms with E-state index in [2.05, 4.69) is 112 Å². The van der Waals surface area contributed by atoms with Crippen molar-refractivity contribution in [3.8, 4) is 0 Å². The van der Waals surface area contributed by atoms with Gasteiger partial charge in [-0.25, -0.2) is 85.8 Å². The third-order valence-electron chi connectivity index (χ3n) is 22.1. The number of nitrogens with two attached hydrogens (primary N) is 6. The molecule has 9 saturated heterocycles. The number of ether oxygens (including phenoxy) is 5. The van der Waals surface area contributed by atoms with Crippen LogP contribution in [-0.4, -0.2) is 290 Å². The molecule has 6 unspecified atom stereocenters. The van der Waals surface area contributed by atoms with E-state index >= 15 is 13.2 Å². The number of nitrogens with zero attached hydrogens (tertiary/aromatic N) is 22. The Morgan fingerprint density at radius 2 is 1.21 bits per heavy atom. The molecule has 6 bridgehead atoms. The molecule has 0 amide bonds. The number of anilines is 6. The molecule has 9 fully saturated rings. The Balaban J connectivity index is 0.000000130. The maximum Gasteiger partial charge on any atom is 0.472 e. The molecule has 0 saturated carbocycles. The standard InChI is InChI=1S/C22H27FN10O10P2S2.C20H24N10O10P2S.C19H21F2N11O9P2S2/c1-38-44(35,36)40-3-10-11(23)14(20(47-10)33-8-29-13-17(33)30-21(25)31-18(13)34)43-45(37,46)41-5-22-2-9(39-4-22)19(42-22)32-7-28-12-15(24)26-6-27-16(12)32;21-15-17-23-3-9(30(17)26-6-24-15)10-2-11-13(38-10)5-36-42(34,43)40-12-1-8(4-35-41(32,33)39-11)37-19(12)29-7-25-14-16(29)27-20(22)28-18(14)31;20-7-6-2-37-42(34,35)40-11-5(39-17(8(11)21)32-14-9(29-30-32)13(22)24-3-25-14)1-38-43(36,44)41-12(7)18(45-6)31-4-26-10-15(31)27-19(23)28-16(10)33/h6-11,14,19-20H,2-5H2,1H3,(H,35,36)(H,37,46)(H2,24,26,27)(H3,25,30,31,34);3,6-8,10-13,19H,1-2,4-5H2,(H,32,33)(H,34,43)(H2,21,24,26)(H3,22,27,28,31);3-8,11-12,17-18H,1-2H2,(H,34,35)(H,36,44)(H2,22,24,25)(H3,23,27,28,33)/t9-,10-,11+,14-,19-,20-,22-,45?;8-,10+,11-,12+,13+,19+,42?;5-,6-,7+,8+,11-,12-,17-,18-,43?/m101/s1. The number of rotatable bonds is 15. The quantitative estimate of drug-likeness (QED) is 0.0500. The number of fused-ring (bicyclic) bond motifs is 14. The highest BCUT2D eigenvalue weighted by molar-refractivity contribution is 8.44. The van der Waals surface area contributed by atoms with Gasteiger partial charge in [0.05, 0.1) is 100 Å². The summed E-state index contributed by atoms with van der Waals surface area (Å²) in [5.74, 6) is -0.316. The molecule has 135 heavy (non-hydrogen) atoms. The molecule has 726 valence electrons. The monoisotopic (exact) mass is 2110 g/mol. The van der Waals surface area contributed by atoms with Crippen molar-refractivity contribution >= 4 is 200 Å². The van der Waals surface area contributed by atoms with Gasteiger partial charge in [0.15, 0.2) is 98.3 Å². The third kappa shape index (κ3) is 19.1. The summed E-state index contributed by atoms with van der Waals surface area (Å²) in [5.41, 5.74) is 33.2. The van der Waals surface area contributed by atoms with Gasteiger partial charge in [0, 0.05) is 26.4 Å². The highest BCUT2D eigenvalue weighted by Crippen LogP contribution is 2.63. The lowest BCUT2D eigenvalue weighted by molar-refractivity contribution is -0.180. The molecule has 12 aromatic heterocycles. The van der Waals surface area contributed by atoms with Crippen LogP contribution in [0.1, 0.15) is 60.5 Å². The highest BCUT2D eigenvalue weighted by atomic mass is 32.7. The summed E-state index contributed by atoms with van der Waals surface area (Å²) in [6, 6.07) is 0. The van der Waals surface area contributed by atoms with Crippen molar-refractivity contribution in [1.29, 1.82) is 0 Å². The third-order valence-corrected chi connectivity index (χ3v) is 32.8. The first-order chi connectivity index (χ1) is 64.1. The molecule has 9 aliphatic heterocycles. The number of phosphoric ester groups is 3. The van der Waals surface area contributed by atoms with E-state index in [1.807, 2.05) is 0 Å². The van der Waals surface area contributed by atoms with Crippen LogP contribution in [0.3, 0.4) is 0 Å². The fourth-order valence-electron chi connectivity index (χ4n) is 16.0. The van der Waals surface area contributed by atoms with Gasteiger partial charge in [-0.15, -0.1) is 28.6 Å². The average molecular weight is 2110 g/mol. The minimum absolute atomic E-state index is 0.000449. The average Bonchev–Trinajstić information content (AvgIpc) is 1.59. The zero-order chi connectivity index (χ0) is 95.2. The predicted octanol–water partition coefficient (Wildman–Crippen LogP) is 0.850. The summed E-state index contributed by atoms with van der Waals surface area (Å²) in [6.45, 7) is -15.7. The number of aromatic amines is 3. The Hall–Kier alpha value is -8.39. The van der Waals surface area contributed by atoms with Gasteiger partial charge in [0.2, 0.25) is 17.8 Å². The molecule has 21 heterocycles. The van der Waals surface area contributed by atoms with E-state index in [4.69, 9.17) is 131 Å². The summed E-state index contributed by atoms with van der Waals surface area (Å²) in [4.78, 5) is 150. The van der Waals surface area contributed by atoms with Crippen LogP contribution in [0.15, 0.2) is 64.9 Å². The zero-order valence-corrected chi connectivity index (χ0v) is 77.5. The normalized spacial score (nSPS) is 34.8. The Kier molecular flexibility index (Phi) is 26.0. The number of phosphoric acid groups is 3. The summed E-state index contributed by atoms with van der Waals surface area (Å²) in [6.07, 6.45) is -10.2. The summed E-state index contributed by atoms with van der Waals surface area (Å²) in [7, 11) is -13.3. The number of hydrogen-bond donors (Lipinski definition) is 15. The number of nitrogens with one attached hydrogen (secondary N) is 3. The Labute approximate surface area is 771 Å². The SMILES string of the molecule is COP(=O)(O)OC[C@H]1S[C@@H](n2cnc3c(=O)[nH]c(N)nc32)[C@H](OP(O)(=S)OC[C@]23CO[C@H](C2)[C@H](n2cnc4c(N)ncnc42)O3)[C@H]1F.Nc1nc2c(ncn2[C@@H]2O[C@@H]3COP(=O)(O)O[C@H]4C[C@H](c5cnc6c(N)ncnn56)O[C@@H]4COP(O)(=S)O[C@@H]2C3)c(=O)[nH]1.Nc1nc2c(ncn2[C@@H]2S[C@@H]3COP(=O)(O)O[C@H]4[C@H](F)[C@H](n5nnc6c(N)ncnc65)O[C@@H]4COP(=O)(S)O[C@@H]2[C@H]3F)c(=O)[nH]1. The van der Waals surface area contributed by atoms with Crippen molar-refractivity contribution in [2.45, 2.75) is 144 Å². The second kappa shape index (κ2) is 36.7. The van der Waals surface area contributed by atoms with E-state index in [1.165, 1.54) is 62.4 Å². The van der Waals surface area contributed by atoms with Crippen molar-refractivity contribution in [1.82, 2.24) is 123 Å². The molecule has 12 aromatic rings. The van der Waals surface area contributed by atoms with Crippen LogP contribution in [0.2, 0.25) is 0 Å². The van der Waals surface area contributed by atoms with E-state index in [-0.39, 0.29) is 113 Å². The number of alkyl halides is 3. The summed E-state index contributed by atoms with van der Waals surface area (Å²) < 4.78 is 202. The van der Waals surface area contributed by atoms with Crippen LogP contribution in [-0.2, 0) is 120 Å². The molecule has 60 nitrogen and oxygen atoms in total. The van der Waals surface area contributed by atoms with Gasteiger partial charge in [-0.3, -0.25) is 88.3 Å². The van der Waals surface area contributed by atoms with Crippen LogP contribution >= 0.6 is 79.5 Å². The van der Waals surface area contributed by atoms with E-state index < -0.39 is 212 Å². The van der Waals surface area contributed by atoms with Crippen molar-refractivity contribution in [2.75, 3.05) is 87.8 Å². The maximum absolute atomic E-state index is 16.1. The van der Waals surface area contributed by atoms with Crippen LogP contribution in [0.4, 0.5) is 48.5 Å². The number of thioether (sulfide) groups is 2. The van der Waals surface area contributed by atoms with Crippen molar-refractivity contribution in [3.05, 3.63) is 87.2 Å². The highest BCUT2D eigenvalue weighted by Gasteiger charge is 2.59. The van der Waals surface area contributed by atoms with Crippen molar-refractivity contribution in [2.24, 2.45) is 0 Å². The minimum Gasteiger partial charge on any atom is -0.382 e. The van der Waals surface area contributed by atoms with Crippen LogP contribution in [0, 0.1) is 0 Å². The lowest BCUT2D eigenvalue weighted by Crippen LogP contribution is -2.39. The van der Waals surface area contributed by atoms with E-state index in [0.717, 1.165) is 41.6 Å². The summed E-state index contributed by atoms with van der Waals surface area (Å²) in [5, 5.41) is 7.24. The molecular formula is C61H72F3N31O29P6S5. The van der Waals surface area contributed by atoms with Gasteiger partial charge < -0.3 is 96.1 Å². The first kappa shape index (κ1) is 95.5. The van der Waals surface area contributed by atoms with Gasteiger partial charge in [-0.2, -0.15) is 24.7 Å². The smallest absolute Gasteiger partial charge is 0.382 e. The lowest BCUT2D eigenvalue weighted by atomic mass is 10.0. The Morgan fingerprint density at radius 1 is 0.600 bits per heavy atom. The first-order valence-electron chi connectivity index (χ1n) is 39.2. The van der Waals surface area contributed by atoms with Gasteiger partial charge in [-0.1, -0.05) is 17.5 Å². The van der Waals surface area contributed by atoms with E-state index in [9.17, 15) is 57.1 Å². The molecule has 0 aliphatic carbocycles. The lowest BCUT2D eigenvalue weighted by Gasteiger charge is -2.32. The van der Waals surface area contributed by atoms with Gasteiger partial charge in [0.25, 0.3) is 16.7 Å². The number of hydrogen-bond acceptors (Lipinski definition) is 50. The second-order valence-electron chi connectivity index (χ2n) is 30.7. The zero-order valence-electron chi connectivity index (χ0n) is 68.0. The molecule has 0 aromatic carbocycles. The number of H-pyrrole nitrogens is 3. The number of imidazole rings is 5. The van der Waals surface area contributed by atoms with Crippen molar-refractivity contribution in [3.63, 3.8) is 0 Å². The van der Waals surface area contributed by atoms with Gasteiger partial charge >= 0.3 is 43.7 Å². The number of thiol groups is 1. The molecule has 9 aliphatic rings. The van der Waals surface area contributed by atoms with Crippen LogP contribution in [0.5, 0.6) is 0 Å². The van der Waals surface area contributed by atoms with Crippen LogP contribution in [0.25, 0.3) is 61.5 Å². The number of halogens is 3. The molecule has 0 spiro atoms. The van der Waals surface area contributed by atoms with Gasteiger partial charge in [-0.05, 0) is 23.6 Å². The molecule has 21 rings (SSSR count).